The molecule has 2 amide bonds. The van der Waals surface area contributed by atoms with Crippen molar-refractivity contribution in [3.8, 4) is 5.75 Å². The third-order valence-electron chi connectivity index (χ3n) is 7.23. The topological polar surface area (TPSA) is 79.3 Å². The smallest absolute Gasteiger partial charge is 0.240 e. The lowest BCUT2D eigenvalue weighted by Gasteiger charge is -2.33. The molecule has 0 saturated carbocycles. The highest BCUT2D eigenvalue weighted by molar-refractivity contribution is 6.24. The lowest BCUT2D eigenvalue weighted by molar-refractivity contribution is -0.124. The molecule has 3 aromatic carbocycles. The first-order valence-electron chi connectivity index (χ1n) is 11.5. The number of anilines is 1. The Bertz CT molecular complexity index is 1380. The zero-order chi connectivity index (χ0) is 24.3. The molecule has 0 radical (unpaired) electrons. The number of ether oxygens (including phenoxy) is 1. The van der Waals surface area contributed by atoms with Crippen molar-refractivity contribution in [2.24, 2.45) is 16.9 Å². The van der Waals surface area contributed by atoms with E-state index in [0.29, 0.717) is 17.0 Å². The highest BCUT2D eigenvalue weighted by Gasteiger charge is 2.65. The van der Waals surface area contributed by atoms with Crippen LogP contribution < -0.4 is 9.64 Å². The third-order valence-corrected chi connectivity index (χ3v) is 7.23. The quantitative estimate of drug-likeness (QED) is 0.433. The zero-order valence-electron chi connectivity index (χ0n) is 19.3. The van der Waals surface area contributed by atoms with E-state index in [1.54, 1.807) is 54.7 Å². The predicted molar refractivity (Wildman–Crippen MR) is 130 cm³/mol. The van der Waals surface area contributed by atoms with Gasteiger partial charge in [-0.1, -0.05) is 42.0 Å². The molecular weight excluding hydrogens is 442 g/mol. The molecule has 2 saturated heterocycles. The number of aryl methyl sites for hydroxylation is 1. The number of amides is 2. The number of rotatable bonds is 4. The first-order chi connectivity index (χ1) is 17.0. The maximum atomic E-state index is 13.9. The van der Waals surface area contributed by atoms with Gasteiger partial charge in [-0.05, 0) is 54.4 Å². The third kappa shape index (κ3) is 3.11. The van der Waals surface area contributed by atoms with Crippen LogP contribution in [0.1, 0.15) is 33.1 Å². The first kappa shape index (κ1) is 21.3. The van der Waals surface area contributed by atoms with Crippen LogP contribution in [0.15, 0.2) is 77.9 Å². The fraction of sp³-hybridized carbons (Fsp3) is 0.214. The number of hydrazone groups is 1. The lowest BCUT2D eigenvalue weighted by atomic mass is 9.83. The van der Waals surface area contributed by atoms with Crippen molar-refractivity contribution in [3.05, 3.63) is 95.1 Å². The molecule has 0 spiro atoms. The van der Waals surface area contributed by atoms with Crippen LogP contribution >= 0.6 is 0 Å². The average molecular weight is 466 g/mol. The molecule has 2 fully saturated rings. The van der Waals surface area contributed by atoms with Crippen LogP contribution in [0.4, 0.5) is 5.69 Å². The number of fused-ring (bicyclic) bond motifs is 5. The largest absolute Gasteiger partial charge is 0.497 e. The van der Waals surface area contributed by atoms with Crippen molar-refractivity contribution in [1.82, 2.24) is 5.01 Å². The Balaban J connectivity index is 1.47. The van der Waals surface area contributed by atoms with Gasteiger partial charge in [0.1, 0.15) is 11.8 Å². The Labute approximate surface area is 202 Å². The van der Waals surface area contributed by atoms with Gasteiger partial charge in [0.2, 0.25) is 11.8 Å². The van der Waals surface area contributed by atoms with Crippen molar-refractivity contribution in [1.29, 1.82) is 0 Å². The minimum absolute atomic E-state index is 0.242. The summed E-state index contributed by atoms with van der Waals surface area (Å²) >= 11 is 0. The van der Waals surface area contributed by atoms with Crippen molar-refractivity contribution < 1.29 is 19.1 Å². The first-order valence-corrected chi connectivity index (χ1v) is 11.5. The number of carbonyl (C=O) groups excluding carboxylic acids is 3. The highest BCUT2D eigenvalue weighted by atomic mass is 16.5. The van der Waals surface area contributed by atoms with Crippen LogP contribution in [0, 0.1) is 18.8 Å². The summed E-state index contributed by atoms with van der Waals surface area (Å²) in [6.45, 7) is 1.95. The Morgan fingerprint density at radius 2 is 1.57 bits per heavy atom. The second kappa shape index (κ2) is 7.91. The molecular formula is C28H23N3O4. The van der Waals surface area contributed by atoms with Gasteiger partial charge in [0.15, 0.2) is 5.78 Å². The molecule has 4 atom stereocenters. The summed E-state index contributed by atoms with van der Waals surface area (Å²) in [7, 11) is 1.56. The number of imide groups is 1. The van der Waals surface area contributed by atoms with Gasteiger partial charge in [-0.15, -0.1) is 0 Å². The number of hydrogen-bond acceptors (Lipinski definition) is 6. The number of methoxy groups -OCH3 is 1. The Morgan fingerprint density at radius 3 is 2.29 bits per heavy atom. The Hall–Kier alpha value is -4.26. The molecule has 7 heteroatoms. The van der Waals surface area contributed by atoms with Gasteiger partial charge in [0, 0.05) is 5.56 Å². The normalized spacial score (nSPS) is 24.3. The molecule has 0 aromatic heterocycles. The minimum atomic E-state index is -0.894. The SMILES string of the molecule is COc1ccc(C(=O)[C@H]2[C@H]3C(=O)N(c4ccc(C)cc4)C(=O)[C@H]3[C@@H]3c4ccccc4C=NN23)cc1. The standard InChI is InChI=1S/C28H23N3O4/c1-16-7-11-19(12-8-16)30-27(33)22-23(28(30)34)25(26(32)17-9-13-20(35-2)14-10-17)31-24(22)21-6-4-3-5-18(21)15-29-31/h3-15,22-25H,1-2H3/t22-,23+,24+,25-/m1/s1. The van der Waals surface area contributed by atoms with E-state index in [2.05, 4.69) is 5.10 Å². The van der Waals surface area contributed by atoms with Crippen molar-refractivity contribution >= 4 is 29.5 Å². The van der Waals surface area contributed by atoms with E-state index in [1.165, 1.54) is 4.90 Å². The molecule has 174 valence electrons. The van der Waals surface area contributed by atoms with Crippen molar-refractivity contribution in [3.63, 3.8) is 0 Å². The number of carbonyl (C=O) groups is 3. The summed E-state index contributed by atoms with van der Waals surface area (Å²) < 4.78 is 5.22. The number of Topliss-reactive ketones (excluding diaryl/α,β-unsaturated/α-hetero) is 1. The van der Waals surface area contributed by atoms with Gasteiger partial charge in [-0.2, -0.15) is 5.10 Å². The van der Waals surface area contributed by atoms with Crippen molar-refractivity contribution in [2.75, 3.05) is 12.0 Å². The second-order valence-electron chi connectivity index (χ2n) is 9.13. The summed E-state index contributed by atoms with van der Waals surface area (Å²) in [5, 5.41) is 6.27. The summed E-state index contributed by atoms with van der Waals surface area (Å²) in [4.78, 5) is 42.8. The van der Waals surface area contributed by atoms with Crippen LogP contribution in [0.2, 0.25) is 0 Å². The maximum absolute atomic E-state index is 13.9. The molecule has 0 unspecified atom stereocenters. The van der Waals surface area contributed by atoms with E-state index in [9.17, 15) is 14.4 Å². The van der Waals surface area contributed by atoms with Crippen molar-refractivity contribution in [2.45, 2.75) is 19.0 Å². The van der Waals surface area contributed by atoms with E-state index >= 15 is 0 Å². The monoisotopic (exact) mass is 465 g/mol. The van der Waals surface area contributed by atoms with E-state index in [1.807, 2.05) is 43.3 Å². The molecule has 0 aliphatic carbocycles. The van der Waals surface area contributed by atoms with E-state index < -0.39 is 23.9 Å². The molecule has 3 aromatic rings. The summed E-state index contributed by atoms with van der Waals surface area (Å²) in [6, 6.07) is 20.4. The van der Waals surface area contributed by atoms with Gasteiger partial charge in [0.25, 0.3) is 0 Å². The number of benzene rings is 3. The fourth-order valence-electron chi connectivity index (χ4n) is 5.54. The summed E-state index contributed by atoms with van der Waals surface area (Å²) in [5.74, 6) is -1.82. The summed E-state index contributed by atoms with van der Waals surface area (Å²) in [5.41, 5.74) is 3.78. The van der Waals surface area contributed by atoms with E-state index in [0.717, 1.165) is 16.7 Å². The van der Waals surface area contributed by atoms with Crippen LogP contribution in [-0.2, 0) is 9.59 Å². The Kier molecular flexibility index (Phi) is 4.81. The van der Waals surface area contributed by atoms with Gasteiger partial charge in [-0.3, -0.25) is 19.4 Å². The molecule has 6 rings (SSSR count). The number of ketones is 1. The summed E-state index contributed by atoms with van der Waals surface area (Å²) in [6.07, 6.45) is 1.70. The van der Waals surface area contributed by atoms with Crippen LogP contribution in [0.25, 0.3) is 0 Å². The fourth-order valence-corrected chi connectivity index (χ4v) is 5.54. The molecule has 7 nitrogen and oxygen atoms in total. The second-order valence-corrected chi connectivity index (χ2v) is 9.13. The van der Waals surface area contributed by atoms with Crippen LogP contribution in [0.5, 0.6) is 5.75 Å². The molecule has 0 N–H and O–H groups in total. The predicted octanol–water partition coefficient (Wildman–Crippen LogP) is 3.77. The van der Waals surface area contributed by atoms with Gasteiger partial charge in [0.05, 0.1) is 36.9 Å². The maximum Gasteiger partial charge on any atom is 0.240 e. The number of hydrogen-bond donors (Lipinski definition) is 0. The Morgan fingerprint density at radius 1 is 0.886 bits per heavy atom. The van der Waals surface area contributed by atoms with Gasteiger partial charge < -0.3 is 4.74 Å². The molecule has 3 aliphatic rings. The molecule has 3 heterocycles. The van der Waals surface area contributed by atoms with Gasteiger partial charge in [-0.25, -0.2) is 4.90 Å². The molecule has 35 heavy (non-hydrogen) atoms. The van der Waals surface area contributed by atoms with E-state index in [-0.39, 0.29) is 17.6 Å². The van der Waals surface area contributed by atoms with Crippen LogP contribution in [-0.4, -0.2) is 42.0 Å². The number of nitrogens with zero attached hydrogens (tertiary/aromatic N) is 3. The zero-order valence-corrected chi connectivity index (χ0v) is 19.3. The molecule has 0 bridgehead atoms. The lowest BCUT2D eigenvalue weighted by Crippen LogP contribution is -2.44. The molecule has 3 aliphatic heterocycles. The minimum Gasteiger partial charge on any atom is -0.497 e. The van der Waals surface area contributed by atoms with E-state index in [4.69, 9.17) is 4.74 Å². The highest BCUT2D eigenvalue weighted by Crippen LogP contribution is 2.53. The average Bonchev–Trinajstić information content (AvgIpc) is 3.37. The van der Waals surface area contributed by atoms with Gasteiger partial charge >= 0.3 is 0 Å². The van der Waals surface area contributed by atoms with Crippen LogP contribution in [0.3, 0.4) is 0 Å².